The third kappa shape index (κ3) is 4.33. The number of rotatable bonds is 7. The quantitative estimate of drug-likeness (QED) is 0.792. The summed E-state index contributed by atoms with van der Waals surface area (Å²) in [6.07, 6.45) is 2.89. The highest BCUT2D eigenvalue weighted by atomic mass is 16.3. The van der Waals surface area contributed by atoms with Gasteiger partial charge in [-0.05, 0) is 50.6 Å². The predicted octanol–water partition coefficient (Wildman–Crippen LogP) is 3.43. The molecule has 0 fully saturated rings. The Morgan fingerprint density at radius 3 is 2.76 bits per heavy atom. The number of hydrogen-bond donors (Lipinski definition) is 1. The largest absolute Gasteiger partial charge is 0.469 e. The monoisotopic (exact) mass is 287 g/mol. The molecule has 2 rings (SSSR count). The lowest BCUT2D eigenvalue weighted by atomic mass is 10.2. The SMILES string of the molecule is CCCNCc1cc(C)nc(N(C)Cc2ccoc2C)c1. The molecule has 0 aromatic carbocycles. The lowest BCUT2D eigenvalue weighted by Crippen LogP contribution is -2.19. The van der Waals surface area contributed by atoms with Crippen LogP contribution in [0, 0.1) is 13.8 Å². The van der Waals surface area contributed by atoms with Crippen LogP contribution in [0.25, 0.3) is 0 Å². The van der Waals surface area contributed by atoms with Gasteiger partial charge in [-0.25, -0.2) is 4.98 Å². The minimum Gasteiger partial charge on any atom is -0.469 e. The zero-order valence-corrected chi connectivity index (χ0v) is 13.4. The Morgan fingerprint density at radius 2 is 2.10 bits per heavy atom. The van der Waals surface area contributed by atoms with Gasteiger partial charge in [-0.15, -0.1) is 0 Å². The van der Waals surface area contributed by atoms with Gasteiger partial charge in [-0.1, -0.05) is 6.92 Å². The first-order chi connectivity index (χ1) is 10.1. The van der Waals surface area contributed by atoms with E-state index in [1.54, 1.807) is 6.26 Å². The van der Waals surface area contributed by atoms with Gasteiger partial charge >= 0.3 is 0 Å². The van der Waals surface area contributed by atoms with Crippen molar-refractivity contribution in [1.29, 1.82) is 0 Å². The van der Waals surface area contributed by atoms with E-state index in [1.165, 1.54) is 11.1 Å². The van der Waals surface area contributed by atoms with Crippen LogP contribution in [0.4, 0.5) is 5.82 Å². The Labute approximate surface area is 127 Å². The van der Waals surface area contributed by atoms with E-state index in [0.29, 0.717) is 0 Å². The van der Waals surface area contributed by atoms with Crippen LogP contribution >= 0.6 is 0 Å². The van der Waals surface area contributed by atoms with Crippen LogP contribution in [0.15, 0.2) is 28.9 Å². The molecular weight excluding hydrogens is 262 g/mol. The molecule has 0 amide bonds. The van der Waals surface area contributed by atoms with Gasteiger partial charge < -0.3 is 14.6 Å². The summed E-state index contributed by atoms with van der Waals surface area (Å²) in [6, 6.07) is 6.32. The highest BCUT2D eigenvalue weighted by Crippen LogP contribution is 2.18. The van der Waals surface area contributed by atoms with Gasteiger partial charge in [0.2, 0.25) is 0 Å². The van der Waals surface area contributed by atoms with E-state index in [2.05, 4.69) is 41.3 Å². The number of furan rings is 1. The molecule has 0 aliphatic heterocycles. The maximum atomic E-state index is 5.36. The van der Waals surface area contributed by atoms with Crippen LogP contribution < -0.4 is 10.2 Å². The van der Waals surface area contributed by atoms with E-state index < -0.39 is 0 Å². The molecular formula is C17H25N3O. The predicted molar refractivity (Wildman–Crippen MR) is 86.5 cm³/mol. The van der Waals surface area contributed by atoms with Crippen LogP contribution in [-0.2, 0) is 13.1 Å². The summed E-state index contributed by atoms with van der Waals surface area (Å²) >= 11 is 0. The number of aryl methyl sites for hydroxylation is 2. The highest BCUT2D eigenvalue weighted by Gasteiger charge is 2.09. The second-order valence-electron chi connectivity index (χ2n) is 5.51. The topological polar surface area (TPSA) is 41.3 Å². The minimum atomic E-state index is 0.806. The van der Waals surface area contributed by atoms with E-state index in [1.807, 2.05) is 19.9 Å². The summed E-state index contributed by atoms with van der Waals surface area (Å²) in [7, 11) is 2.07. The summed E-state index contributed by atoms with van der Waals surface area (Å²) in [6.45, 7) is 8.96. The lowest BCUT2D eigenvalue weighted by molar-refractivity contribution is 0.529. The van der Waals surface area contributed by atoms with Crippen molar-refractivity contribution in [3.8, 4) is 0 Å². The molecule has 0 spiro atoms. The zero-order chi connectivity index (χ0) is 15.2. The first-order valence-corrected chi connectivity index (χ1v) is 7.52. The Kier molecular flexibility index (Phi) is 5.39. The molecule has 0 atom stereocenters. The molecule has 0 unspecified atom stereocenters. The van der Waals surface area contributed by atoms with Crippen LogP contribution in [0.2, 0.25) is 0 Å². The van der Waals surface area contributed by atoms with Crippen molar-refractivity contribution < 1.29 is 4.42 Å². The van der Waals surface area contributed by atoms with Gasteiger partial charge in [0, 0.05) is 31.4 Å². The molecule has 1 N–H and O–H groups in total. The Hall–Kier alpha value is -1.81. The average Bonchev–Trinajstić information content (AvgIpc) is 2.84. The number of hydrogen-bond acceptors (Lipinski definition) is 4. The van der Waals surface area contributed by atoms with Crippen molar-refractivity contribution in [2.45, 2.75) is 40.3 Å². The van der Waals surface area contributed by atoms with Gasteiger partial charge in [0.15, 0.2) is 0 Å². The van der Waals surface area contributed by atoms with Crippen molar-refractivity contribution in [2.75, 3.05) is 18.5 Å². The smallest absolute Gasteiger partial charge is 0.129 e. The molecule has 0 aliphatic carbocycles. The fourth-order valence-electron chi connectivity index (χ4n) is 2.34. The summed E-state index contributed by atoms with van der Waals surface area (Å²) in [5, 5.41) is 3.44. The van der Waals surface area contributed by atoms with Crippen molar-refractivity contribution >= 4 is 5.82 Å². The molecule has 2 aromatic heterocycles. The summed E-state index contributed by atoms with van der Waals surface area (Å²) in [5.41, 5.74) is 3.53. The molecule has 0 radical (unpaired) electrons. The van der Waals surface area contributed by atoms with E-state index in [-0.39, 0.29) is 0 Å². The van der Waals surface area contributed by atoms with Crippen LogP contribution in [-0.4, -0.2) is 18.6 Å². The summed E-state index contributed by atoms with van der Waals surface area (Å²) in [4.78, 5) is 6.80. The average molecular weight is 287 g/mol. The third-order valence-electron chi connectivity index (χ3n) is 3.52. The van der Waals surface area contributed by atoms with Gasteiger partial charge in [-0.3, -0.25) is 0 Å². The van der Waals surface area contributed by atoms with Gasteiger partial charge in [0.05, 0.1) is 6.26 Å². The maximum absolute atomic E-state index is 5.36. The fourth-order valence-corrected chi connectivity index (χ4v) is 2.34. The molecule has 4 nitrogen and oxygen atoms in total. The number of nitrogens with one attached hydrogen (secondary N) is 1. The van der Waals surface area contributed by atoms with E-state index >= 15 is 0 Å². The van der Waals surface area contributed by atoms with E-state index in [4.69, 9.17) is 4.42 Å². The van der Waals surface area contributed by atoms with Crippen molar-refractivity contribution in [2.24, 2.45) is 0 Å². The van der Waals surface area contributed by atoms with Crippen LogP contribution in [0.3, 0.4) is 0 Å². The highest BCUT2D eigenvalue weighted by molar-refractivity contribution is 5.43. The second kappa shape index (κ2) is 7.27. The van der Waals surface area contributed by atoms with Crippen LogP contribution in [0.1, 0.15) is 35.9 Å². The Bertz CT molecular complexity index is 577. The Morgan fingerprint density at radius 1 is 1.29 bits per heavy atom. The fraction of sp³-hybridized carbons (Fsp3) is 0.471. The zero-order valence-electron chi connectivity index (χ0n) is 13.4. The van der Waals surface area contributed by atoms with Crippen molar-refractivity contribution in [1.82, 2.24) is 10.3 Å². The normalized spacial score (nSPS) is 10.9. The number of nitrogens with zero attached hydrogens (tertiary/aromatic N) is 2. The second-order valence-corrected chi connectivity index (χ2v) is 5.51. The molecule has 2 heterocycles. The molecule has 0 saturated heterocycles. The van der Waals surface area contributed by atoms with E-state index in [0.717, 1.165) is 43.3 Å². The van der Waals surface area contributed by atoms with Gasteiger partial charge in [-0.2, -0.15) is 0 Å². The lowest BCUT2D eigenvalue weighted by Gasteiger charge is -2.19. The van der Waals surface area contributed by atoms with E-state index in [9.17, 15) is 0 Å². The molecule has 2 aromatic rings. The molecule has 0 aliphatic rings. The molecule has 0 bridgehead atoms. The minimum absolute atomic E-state index is 0.806. The molecule has 21 heavy (non-hydrogen) atoms. The Balaban J connectivity index is 2.09. The first-order valence-electron chi connectivity index (χ1n) is 7.52. The number of aromatic nitrogens is 1. The van der Waals surface area contributed by atoms with Gasteiger partial charge in [0.25, 0.3) is 0 Å². The summed E-state index contributed by atoms with van der Waals surface area (Å²) < 4.78 is 5.36. The maximum Gasteiger partial charge on any atom is 0.129 e. The molecule has 114 valence electrons. The van der Waals surface area contributed by atoms with Crippen LogP contribution in [0.5, 0.6) is 0 Å². The number of pyridine rings is 1. The summed E-state index contributed by atoms with van der Waals surface area (Å²) in [5.74, 6) is 1.98. The molecule has 0 saturated carbocycles. The molecule has 4 heteroatoms. The van der Waals surface area contributed by atoms with Gasteiger partial charge in [0.1, 0.15) is 11.6 Å². The van der Waals surface area contributed by atoms with Crippen molar-refractivity contribution in [3.05, 3.63) is 47.0 Å². The standard InChI is InChI=1S/C17H25N3O/c1-5-7-18-11-15-9-13(2)19-17(10-15)20(4)12-16-6-8-21-14(16)3/h6,8-10,18H,5,7,11-12H2,1-4H3. The number of anilines is 1. The van der Waals surface area contributed by atoms with Crippen molar-refractivity contribution in [3.63, 3.8) is 0 Å². The third-order valence-corrected chi connectivity index (χ3v) is 3.52. The first kappa shape index (κ1) is 15.6.